The lowest BCUT2D eigenvalue weighted by molar-refractivity contribution is 0.660. The number of fused-ring (bicyclic) bond motifs is 6. The van der Waals surface area contributed by atoms with E-state index in [0.717, 1.165) is 45.4 Å². The summed E-state index contributed by atoms with van der Waals surface area (Å²) in [6.07, 6.45) is 0. The molecule has 11 aromatic carbocycles. The van der Waals surface area contributed by atoms with Crippen LogP contribution in [0.5, 0.6) is 0 Å². The third-order valence-corrected chi connectivity index (χ3v) is 14.8. The Morgan fingerprint density at radius 2 is 0.750 bits per heavy atom. The van der Waals surface area contributed by atoms with Crippen LogP contribution >= 0.6 is 0 Å². The van der Waals surface area contributed by atoms with Crippen molar-refractivity contribution >= 4 is 55.8 Å². The van der Waals surface area contributed by atoms with Crippen LogP contribution in [0.15, 0.2) is 273 Å². The summed E-state index contributed by atoms with van der Waals surface area (Å²) >= 11 is 0. The first kappa shape index (κ1) is 42.9. The van der Waals surface area contributed by atoms with Crippen LogP contribution in [-0.4, -0.2) is 4.57 Å². The van der Waals surface area contributed by atoms with Gasteiger partial charge in [0.05, 0.1) is 11.2 Å². The molecule has 0 amide bonds. The third-order valence-electron chi connectivity index (χ3n) is 14.8. The van der Waals surface area contributed by atoms with Gasteiger partial charge in [-0.25, -0.2) is 0 Å². The fraction of sp³-hybridized carbons (Fsp3) is 0.0435. The predicted molar refractivity (Wildman–Crippen MR) is 304 cm³/mol. The lowest BCUT2D eigenvalue weighted by Gasteiger charge is -2.29. The number of nitrogens with zero attached hydrogens (tertiary/aromatic N) is 3. The minimum absolute atomic E-state index is 0.147. The van der Waals surface area contributed by atoms with E-state index < -0.39 is 0 Å². The van der Waals surface area contributed by atoms with Crippen molar-refractivity contribution in [3.05, 3.63) is 284 Å². The van der Waals surface area contributed by atoms with Crippen molar-refractivity contribution in [2.45, 2.75) is 19.3 Å². The molecule has 1 aromatic heterocycles. The van der Waals surface area contributed by atoms with Crippen LogP contribution in [0.3, 0.4) is 0 Å². The van der Waals surface area contributed by atoms with E-state index in [2.05, 4.69) is 301 Å². The fourth-order valence-electron chi connectivity index (χ4n) is 11.4. The Kier molecular flexibility index (Phi) is 10.5. The molecule has 0 spiro atoms. The average Bonchev–Trinajstić information content (AvgIpc) is 3.91. The molecule has 1 heterocycles. The van der Waals surface area contributed by atoms with Gasteiger partial charge in [0.1, 0.15) is 0 Å². The maximum absolute atomic E-state index is 2.49. The molecule has 342 valence electrons. The zero-order valence-corrected chi connectivity index (χ0v) is 40.3. The molecular formula is C69H51N3. The third kappa shape index (κ3) is 7.20. The molecule has 0 aliphatic heterocycles. The van der Waals surface area contributed by atoms with Gasteiger partial charge in [-0.15, -0.1) is 0 Å². The van der Waals surface area contributed by atoms with Gasteiger partial charge in [0.15, 0.2) is 0 Å². The molecule has 0 atom stereocenters. The van der Waals surface area contributed by atoms with Gasteiger partial charge in [-0.2, -0.15) is 0 Å². The fourth-order valence-corrected chi connectivity index (χ4v) is 11.4. The summed E-state index contributed by atoms with van der Waals surface area (Å²) in [4.78, 5) is 4.74. The molecule has 3 nitrogen and oxygen atoms in total. The Bertz CT molecular complexity index is 3860. The Labute approximate surface area is 421 Å². The number of benzene rings is 11. The number of hydrogen-bond donors (Lipinski definition) is 0. The van der Waals surface area contributed by atoms with Crippen molar-refractivity contribution in [3.63, 3.8) is 0 Å². The van der Waals surface area contributed by atoms with E-state index in [1.165, 1.54) is 71.9 Å². The van der Waals surface area contributed by atoms with Gasteiger partial charge in [-0.1, -0.05) is 196 Å². The van der Waals surface area contributed by atoms with Crippen molar-refractivity contribution in [2.24, 2.45) is 0 Å². The molecule has 1 aliphatic carbocycles. The van der Waals surface area contributed by atoms with Gasteiger partial charge < -0.3 is 14.4 Å². The van der Waals surface area contributed by atoms with Crippen LogP contribution in [0.4, 0.5) is 34.1 Å². The molecule has 0 bridgehead atoms. The molecule has 0 fully saturated rings. The van der Waals surface area contributed by atoms with Gasteiger partial charge >= 0.3 is 0 Å². The number of aromatic nitrogens is 1. The summed E-state index contributed by atoms with van der Waals surface area (Å²) in [6, 6.07) is 99.5. The minimum Gasteiger partial charge on any atom is -0.311 e. The Morgan fingerprint density at radius 3 is 1.36 bits per heavy atom. The summed E-state index contributed by atoms with van der Waals surface area (Å²) in [5.41, 5.74) is 21.2. The highest BCUT2D eigenvalue weighted by Crippen LogP contribution is 2.52. The molecule has 0 radical (unpaired) electrons. The number of hydrogen-bond acceptors (Lipinski definition) is 2. The van der Waals surface area contributed by atoms with Gasteiger partial charge in [-0.05, 0) is 141 Å². The summed E-state index contributed by atoms with van der Waals surface area (Å²) < 4.78 is 2.49. The quantitative estimate of drug-likeness (QED) is 0.135. The predicted octanol–water partition coefficient (Wildman–Crippen LogP) is 19.0. The molecule has 0 N–H and O–H groups in total. The van der Waals surface area contributed by atoms with E-state index in [4.69, 9.17) is 0 Å². The summed E-state index contributed by atoms with van der Waals surface area (Å²) in [5.74, 6) is 0. The zero-order chi connectivity index (χ0) is 48.2. The van der Waals surface area contributed by atoms with Gasteiger partial charge in [0.2, 0.25) is 0 Å². The Balaban J connectivity index is 0.987. The molecule has 12 aromatic rings. The highest BCUT2D eigenvalue weighted by molar-refractivity contribution is 6.20. The van der Waals surface area contributed by atoms with E-state index in [1.54, 1.807) is 0 Å². The van der Waals surface area contributed by atoms with Crippen molar-refractivity contribution in [1.82, 2.24) is 4.57 Å². The van der Waals surface area contributed by atoms with Crippen molar-refractivity contribution in [3.8, 4) is 50.3 Å². The van der Waals surface area contributed by atoms with Gasteiger partial charge in [-0.3, -0.25) is 0 Å². The largest absolute Gasteiger partial charge is 0.311 e. The van der Waals surface area contributed by atoms with E-state index in [9.17, 15) is 0 Å². The minimum atomic E-state index is -0.147. The molecule has 1 aliphatic rings. The lowest BCUT2D eigenvalue weighted by Crippen LogP contribution is -2.16. The van der Waals surface area contributed by atoms with Crippen LogP contribution in [-0.2, 0) is 5.41 Å². The maximum Gasteiger partial charge on any atom is 0.0620 e. The number of anilines is 6. The zero-order valence-electron chi connectivity index (χ0n) is 40.3. The van der Waals surface area contributed by atoms with E-state index in [1.807, 2.05) is 0 Å². The smallest absolute Gasteiger partial charge is 0.0620 e. The second-order valence-corrected chi connectivity index (χ2v) is 19.3. The van der Waals surface area contributed by atoms with Gasteiger partial charge in [0, 0.05) is 61.6 Å². The Morgan fingerprint density at radius 1 is 0.306 bits per heavy atom. The first-order valence-corrected chi connectivity index (χ1v) is 24.9. The molecule has 0 saturated carbocycles. The van der Waals surface area contributed by atoms with Crippen molar-refractivity contribution in [2.75, 3.05) is 9.80 Å². The van der Waals surface area contributed by atoms with Crippen molar-refractivity contribution in [1.29, 1.82) is 0 Å². The second kappa shape index (κ2) is 17.7. The molecule has 13 rings (SSSR count). The number of para-hydroxylation sites is 3. The average molecular weight is 922 g/mol. The van der Waals surface area contributed by atoms with Gasteiger partial charge in [0.25, 0.3) is 0 Å². The first-order valence-electron chi connectivity index (χ1n) is 24.9. The van der Waals surface area contributed by atoms with E-state index in [-0.39, 0.29) is 5.41 Å². The highest BCUT2D eigenvalue weighted by Gasteiger charge is 2.36. The summed E-state index contributed by atoms with van der Waals surface area (Å²) in [6.45, 7) is 4.72. The first-order chi connectivity index (χ1) is 35.5. The summed E-state index contributed by atoms with van der Waals surface area (Å²) in [5, 5.41) is 3.63. The lowest BCUT2D eigenvalue weighted by atomic mass is 9.82. The number of rotatable bonds is 10. The standard InChI is InChI=1S/C69H51N3/c1-69(2)64-35-21-20-33-59(64)60-45-44-57(46-65(60)69)71(56-42-40-55(41-43-56)70(51-26-12-5-13-27-51)52-28-14-6-15-29-52)54-38-36-48(37-39-54)62-47-63-66(49-22-8-3-9-23-49)67(50-24-10-4-11-25-50)72(53-30-16-7-17-31-53)68(63)61-34-19-18-32-58(61)62/h3-47H,1-2H3. The van der Waals surface area contributed by atoms with Crippen LogP contribution in [0.25, 0.3) is 72.0 Å². The molecule has 3 heteroatoms. The monoisotopic (exact) mass is 921 g/mol. The van der Waals surface area contributed by atoms with Crippen molar-refractivity contribution < 1.29 is 0 Å². The Hall–Kier alpha value is -9.18. The van der Waals surface area contributed by atoms with E-state index in [0.29, 0.717) is 0 Å². The SMILES string of the molecule is CC1(C)c2ccccc2-c2ccc(N(c3ccc(-c4cc5c(-c6ccccc6)c(-c6ccccc6)n(-c6ccccc6)c5c5ccccc45)cc3)c3ccc(N(c4ccccc4)c4ccccc4)cc3)cc21. The van der Waals surface area contributed by atoms with Crippen LogP contribution in [0.1, 0.15) is 25.0 Å². The normalized spacial score (nSPS) is 12.4. The second-order valence-electron chi connectivity index (χ2n) is 19.3. The molecule has 0 saturated heterocycles. The van der Waals surface area contributed by atoms with E-state index >= 15 is 0 Å². The van der Waals surface area contributed by atoms with Crippen LogP contribution in [0, 0.1) is 0 Å². The summed E-state index contributed by atoms with van der Waals surface area (Å²) in [7, 11) is 0. The van der Waals surface area contributed by atoms with Crippen LogP contribution in [0.2, 0.25) is 0 Å². The molecule has 72 heavy (non-hydrogen) atoms. The molecular weight excluding hydrogens is 871 g/mol. The van der Waals surface area contributed by atoms with Crippen LogP contribution < -0.4 is 9.80 Å². The maximum atomic E-state index is 2.49. The topological polar surface area (TPSA) is 11.4 Å². The highest BCUT2D eigenvalue weighted by atomic mass is 15.2. The molecule has 0 unspecified atom stereocenters.